The molecular formula is C24H35N3O3. The normalized spacial score (nSPS) is 16.4. The second-order valence-electron chi connectivity index (χ2n) is 8.08. The van der Waals surface area contributed by atoms with Crippen LogP contribution in [0.3, 0.4) is 0 Å². The largest absolute Gasteiger partial charge is 0.493 e. The third-order valence-electron chi connectivity index (χ3n) is 5.63. The fourth-order valence-corrected chi connectivity index (χ4v) is 3.66. The van der Waals surface area contributed by atoms with E-state index in [0.717, 1.165) is 44.8 Å². The highest BCUT2D eigenvalue weighted by atomic mass is 16.5. The van der Waals surface area contributed by atoms with Crippen LogP contribution in [-0.2, 0) is 13.1 Å². The molecule has 1 saturated heterocycles. The van der Waals surface area contributed by atoms with Gasteiger partial charge in [0.25, 0.3) is 0 Å². The first-order valence-electron chi connectivity index (χ1n) is 10.7. The Kier molecular flexibility index (Phi) is 8.51. The predicted molar refractivity (Wildman–Crippen MR) is 120 cm³/mol. The van der Waals surface area contributed by atoms with E-state index in [0.29, 0.717) is 18.0 Å². The first kappa shape index (κ1) is 22.6. The van der Waals surface area contributed by atoms with Crippen LogP contribution in [0.4, 0.5) is 0 Å². The van der Waals surface area contributed by atoms with Crippen LogP contribution in [0.15, 0.2) is 42.5 Å². The number of nitrogens with one attached hydrogen (secondary N) is 1. The van der Waals surface area contributed by atoms with Crippen LogP contribution >= 0.6 is 0 Å². The number of rotatable bonds is 10. The van der Waals surface area contributed by atoms with Gasteiger partial charge in [0.2, 0.25) is 0 Å². The number of hydrogen-bond donors (Lipinski definition) is 2. The molecule has 164 valence electrons. The van der Waals surface area contributed by atoms with Gasteiger partial charge >= 0.3 is 0 Å². The Balaban J connectivity index is 1.50. The van der Waals surface area contributed by atoms with Gasteiger partial charge in [-0.05, 0) is 42.8 Å². The Morgan fingerprint density at radius 1 is 1.03 bits per heavy atom. The molecule has 3 rings (SSSR count). The standard InChI is InChI=1S/C24H35N3O3/c1-19-6-4-5-7-21(19)16-25-15-20-8-9-23(29-3)24(14-20)30-18-22(28)17-27-12-10-26(2)11-13-27/h4-9,14,22,25,28H,10-13,15-18H2,1-3H3. The van der Waals surface area contributed by atoms with Crippen LogP contribution in [0, 0.1) is 6.92 Å². The summed E-state index contributed by atoms with van der Waals surface area (Å²) in [5.74, 6) is 1.36. The summed E-state index contributed by atoms with van der Waals surface area (Å²) in [5.41, 5.74) is 3.71. The number of hydrogen-bond acceptors (Lipinski definition) is 6. The Morgan fingerprint density at radius 3 is 2.53 bits per heavy atom. The van der Waals surface area contributed by atoms with Crippen molar-refractivity contribution in [2.45, 2.75) is 26.1 Å². The fraction of sp³-hybridized carbons (Fsp3) is 0.500. The lowest BCUT2D eigenvalue weighted by Gasteiger charge is -2.33. The van der Waals surface area contributed by atoms with E-state index in [-0.39, 0.29) is 6.61 Å². The van der Waals surface area contributed by atoms with Gasteiger partial charge in [0.1, 0.15) is 12.7 Å². The van der Waals surface area contributed by atoms with Crippen molar-refractivity contribution in [3.63, 3.8) is 0 Å². The Bertz CT molecular complexity index is 791. The van der Waals surface area contributed by atoms with Gasteiger partial charge in [0.15, 0.2) is 11.5 Å². The number of likely N-dealkylation sites (N-methyl/N-ethyl adjacent to an activating group) is 1. The molecule has 1 aliphatic heterocycles. The van der Waals surface area contributed by atoms with Crippen molar-refractivity contribution in [3.05, 3.63) is 59.2 Å². The fourth-order valence-electron chi connectivity index (χ4n) is 3.66. The molecule has 2 N–H and O–H groups in total. The minimum absolute atomic E-state index is 0.253. The number of β-amino-alcohol motifs (C(OH)–C–C–N with tert-alkyl or cyclic N) is 1. The summed E-state index contributed by atoms with van der Waals surface area (Å²) in [7, 11) is 3.77. The second kappa shape index (κ2) is 11.3. The van der Waals surface area contributed by atoms with Crippen LogP contribution < -0.4 is 14.8 Å². The number of aryl methyl sites for hydroxylation is 1. The summed E-state index contributed by atoms with van der Waals surface area (Å²) < 4.78 is 11.4. The van der Waals surface area contributed by atoms with E-state index in [1.165, 1.54) is 11.1 Å². The molecule has 1 unspecified atom stereocenters. The van der Waals surface area contributed by atoms with Crippen LogP contribution in [-0.4, -0.2) is 74.5 Å². The maximum atomic E-state index is 10.4. The summed E-state index contributed by atoms with van der Waals surface area (Å²) in [6.07, 6.45) is -0.527. The molecule has 6 nitrogen and oxygen atoms in total. The minimum Gasteiger partial charge on any atom is -0.493 e. The monoisotopic (exact) mass is 413 g/mol. The van der Waals surface area contributed by atoms with E-state index in [4.69, 9.17) is 9.47 Å². The summed E-state index contributed by atoms with van der Waals surface area (Å²) in [6.45, 7) is 8.62. The van der Waals surface area contributed by atoms with Gasteiger partial charge in [0, 0.05) is 45.8 Å². The maximum absolute atomic E-state index is 10.4. The quantitative estimate of drug-likeness (QED) is 0.623. The first-order valence-corrected chi connectivity index (χ1v) is 10.7. The number of ether oxygens (including phenoxy) is 2. The lowest BCUT2D eigenvalue weighted by Crippen LogP contribution is -2.47. The summed E-state index contributed by atoms with van der Waals surface area (Å²) in [5, 5.41) is 13.9. The molecule has 2 aromatic carbocycles. The molecule has 1 aliphatic rings. The topological polar surface area (TPSA) is 57.2 Å². The van der Waals surface area contributed by atoms with Crippen molar-refractivity contribution in [1.29, 1.82) is 0 Å². The molecule has 0 amide bonds. The van der Waals surface area contributed by atoms with Crippen LogP contribution in [0.25, 0.3) is 0 Å². The predicted octanol–water partition coefficient (Wildman–Crippen LogP) is 2.28. The van der Waals surface area contributed by atoms with Crippen LogP contribution in [0.5, 0.6) is 11.5 Å². The first-order chi connectivity index (χ1) is 14.5. The van der Waals surface area contributed by atoms with Gasteiger partial charge in [-0.3, -0.25) is 4.90 Å². The summed E-state index contributed by atoms with van der Waals surface area (Å²) in [4.78, 5) is 4.60. The van der Waals surface area contributed by atoms with E-state index < -0.39 is 6.10 Å². The number of benzene rings is 2. The highest BCUT2D eigenvalue weighted by molar-refractivity contribution is 5.43. The molecule has 6 heteroatoms. The van der Waals surface area contributed by atoms with E-state index in [1.807, 2.05) is 18.2 Å². The molecule has 1 heterocycles. The van der Waals surface area contributed by atoms with Gasteiger partial charge in [-0.1, -0.05) is 30.3 Å². The van der Waals surface area contributed by atoms with Crippen molar-refractivity contribution in [3.8, 4) is 11.5 Å². The third-order valence-corrected chi connectivity index (χ3v) is 5.63. The summed E-state index contributed by atoms with van der Waals surface area (Å²) in [6, 6.07) is 14.4. The zero-order chi connectivity index (χ0) is 21.3. The SMILES string of the molecule is COc1ccc(CNCc2ccccc2C)cc1OCC(O)CN1CCN(C)CC1. The van der Waals surface area contributed by atoms with Crippen molar-refractivity contribution < 1.29 is 14.6 Å². The molecule has 0 radical (unpaired) electrons. The highest BCUT2D eigenvalue weighted by Gasteiger charge is 2.18. The van der Waals surface area contributed by atoms with Crippen molar-refractivity contribution >= 4 is 0 Å². The van der Waals surface area contributed by atoms with Gasteiger partial charge in [-0.2, -0.15) is 0 Å². The zero-order valence-corrected chi connectivity index (χ0v) is 18.4. The van der Waals surface area contributed by atoms with E-state index in [9.17, 15) is 5.11 Å². The molecule has 1 fully saturated rings. The second-order valence-corrected chi connectivity index (χ2v) is 8.08. The molecule has 30 heavy (non-hydrogen) atoms. The van der Waals surface area contributed by atoms with E-state index >= 15 is 0 Å². The molecule has 0 spiro atoms. The number of methoxy groups -OCH3 is 1. The van der Waals surface area contributed by atoms with Gasteiger partial charge in [-0.15, -0.1) is 0 Å². The molecule has 0 aliphatic carbocycles. The summed E-state index contributed by atoms with van der Waals surface area (Å²) >= 11 is 0. The number of aliphatic hydroxyl groups excluding tert-OH is 1. The maximum Gasteiger partial charge on any atom is 0.161 e. The average molecular weight is 414 g/mol. The Morgan fingerprint density at radius 2 is 1.80 bits per heavy atom. The van der Waals surface area contributed by atoms with Crippen molar-refractivity contribution in [2.75, 3.05) is 53.5 Å². The molecule has 0 saturated carbocycles. The van der Waals surface area contributed by atoms with Gasteiger partial charge in [0.05, 0.1) is 7.11 Å². The van der Waals surface area contributed by atoms with E-state index in [2.05, 4.69) is 53.4 Å². The van der Waals surface area contributed by atoms with Gasteiger partial charge < -0.3 is 24.8 Å². The minimum atomic E-state index is -0.527. The van der Waals surface area contributed by atoms with Crippen molar-refractivity contribution in [1.82, 2.24) is 15.1 Å². The number of piperazine rings is 1. The zero-order valence-electron chi connectivity index (χ0n) is 18.4. The smallest absolute Gasteiger partial charge is 0.161 e. The molecule has 0 bridgehead atoms. The number of aliphatic hydroxyl groups is 1. The Hall–Kier alpha value is -2.12. The lowest BCUT2D eigenvalue weighted by atomic mass is 10.1. The highest BCUT2D eigenvalue weighted by Crippen LogP contribution is 2.28. The van der Waals surface area contributed by atoms with Crippen LogP contribution in [0.2, 0.25) is 0 Å². The third kappa shape index (κ3) is 6.71. The average Bonchev–Trinajstić information content (AvgIpc) is 2.75. The molecule has 1 atom stereocenters. The van der Waals surface area contributed by atoms with Gasteiger partial charge in [-0.25, -0.2) is 0 Å². The molecular weight excluding hydrogens is 378 g/mol. The van der Waals surface area contributed by atoms with Crippen LogP contribution in [0.1, 0.15) is 16.7 Å². The van der Waals surface area contributed by atoms with Crippen molar-refractivity contribution in [2.24, 2.45) is 0 Å². The van der Waals surface area contributed by atoms with E-state index in [1.54, 1.807) is 7.11 Å². The number of nitrogens with zero attached hydrogens (tertiary/aromatic N) is 2. The molecule has 2 aromatic rings. The Labute approximate surface area is 180 Å². The molecule has 0 aromatic heterocycles. The lowest BCUT2D eigenvalue weighted by molar-refractivity contribution is 0.0498.